The first-order chi connectivity index (χ1) is 10.8. The number of likely N-dealkylation sites (tertiary alicyclic amines) is 1. The number of halogens is 1. The second kappa shape index (κ2) is 5.58. The van der Waals surface area contributed by atoms with E-state index in [1.807, 2.05) is 12.3 Å². The zero-order valence-corrected chi connectivity index (χ0v) is 13.1. The van der Waals surface area contributed by atoms with Crippen LogP contribution in [0.2, 0.25) is 0 Å². The minimum atomic E-state index is -0.233. The van der Waals surface area contributed by atoms with E-state index in [-0.39, 0.29) is 5.82 Å². The molecule has 2 fully saturated rings. The molecule has 1 saturated heterocycles. The summed E-state index contributed by atoms with van der Waals surface area (Å²) in [6.07, 6.45) is 9.62. The third-order valence-corrected chi connectivity index (χ3v) is 5.46. The fraction of sp³-hybridized carbons (Fsp3) is 0.556. The van der Waals surface area contributed by atoms with Crippen LogP contribution >= 0.6 is 0 Å². The van der Waals surface area contributed by atoms with Gasteiger partial charge in [-0.1, -0.05) is 6.42 Å². The number of H-pyrrole nitrogens is 1. The summed E-state index contributed by atoms with van der Waals surface area (Å²) < 4.78 is 19.3. The summed E-state index contributed by atoms with van der Waals surface area (Å²) in [6, 6.07) is 4.80. The van der Waals surface area contributed by atoms with Crippen molar-refractivity contribution in [3.63, 3.8) is 0 Å². The fourth-order valence-corrected chi connectivity index (χ4v) is 4.04. The molecule has 4 rings (SSSR count). The molecule has 4 heteroatoms. The first kappa shape index (κ1) is 14.1. The summed E-state index contributed by atoms with van der Waals surface area (Å²) in [5, 5.41) is 0.970. The number of nitrogens with one attached hydrogen (secondary N) is 1. The number of aromatic nitrogens is 1. The van der Waals surface area contributed by atoms with Gasteiger partial charge in [-0.25, -0.2) is 4.39 Å². The molecule has 1 aliphatic heterocycles. The van der Waals surface area contributed by atoms with Crippen molar-refractivity contribution in [2.75, 3.05) is 13.7 Å². The van der Waals surface area contributed by atoms with E-state index >= 15 is 0 Å². The van der Waals surface area contributed by atoms with E-state index < -0.39 is 0 Å². The van der Waals surface area contributed by atoms with Crippen molar-refractivity contribution in [1.82, 2.24) is 9.88 Å². The van der Waals surface area contributed by atoms with Crippen molar-refractivity contribution < 1.29 is 9.13 Å². The molecule has 1 aromatic carbocycles. The molecule has 1 atom stereocenters. The van der Waals surface area contributed by atoms with Gasteiger partial charge in [0.15, 0.2) is 5.82 Å². The molecule has 2 aromatic rings. The Kier molecular flexibility index (Phi) is 3.57. The standard InChI is InChI=1S/C18H23FN2O/c1-22-15-9-16-12(11-20-18(16)17(19)10-15)8-14-6-3-7-21(14)13-4-2-5-13/h9-11,13-14,20H,2-8H2,1H3/t14-/m1/s1. The first-order valence-corrected chi connectivity index (χ1v) is 8.35. The van der Waals surface area contributed by atoms with Crippen LogP contribution in [-0.2, 0) is 6.42 Å². The Morgan fingerprint density at radius 3 is 2.86 bits per heavy atom. The molecule has 0 bridgehead atoms. The Labute approximate surface area is 130 Å². The van der Waals surface area contributed by atoms with Gasteiger partial charge in [-0.2, -0.15) is 0 Å². The highest BCUT2D eigenvalue weighted by molar-refractivity contribution is 5.85. The smallest absolute Gasteiger partial charge is 0.150 e. The monoisotopic (exact) mass is 302 g/mol. The molecule has 1 saturated carbocycles. The maximum absolute atomic E-state index is 14.1. The molecule has 0 amide bonds. The van der Waals surface area contributed by atoms with Crippen molar-refractivity contribution in [3.05, 3.63) is 29.7 Å². The van der Waals surface area contributed by atoms with Crippen LogP contribution in [0.5, 0.6) is 5.75 Å². The van der Waals surface area contributed by atoms with Gasteiger partial charge in [0, 0.05) is 29.7 Å². The quantitative estimate of drug-likeness (QED) is 0.928. The average Bonchev–Trinajstić information content (AvgIpc) is 3.06. The second-order valence-corrected chi connectivity index (χ2v) is 6.67. The number of hydrogen-bond acceptors (Lipinski definition) is 2. The molecule has 1 N–H and O–H groups in total. The number of rotatable bonds is 4. The van der Waals surface area contributed by atoms with Gasteiger partial charge in [-0.05, 0) is 50.3 Å². The largest absolute Gasteiger partial charge is 0.497 e. The van der Waals surface area contributed by atoms with E-state index in [0.717, 1.165) is 17.8 Å². The highest BCUT2D eigenvalue weighted by Crippen LogP contribution is 2.34. The first-order valence-electron chi connectivity index (χ1n) is 8.35. The molecule has 2 aliphatic rings. The minimum absolute atomic E-state index is 0.233. The van der Waals surface area contributed by atoms with Crippen LogP contribution in [0.1, 0.15) is 37.7 Å². The summed E-state index contributed by atoms with van der Waals surface area (Å²) in [5.74, 6) is 0.357. The van der Waals surface area contributed by atoms with E-state index in [9.17, 15) is 4.39 Å². The van der Waals surface area contributed by atoms with Gasteiger partial charge in [0.25, 0.3) is 0 Å². The van der Waals surface area contributed by atoms with E-state index in [1.165, 1.54) is 50.3 Å². The Morgan fingerprint density at radius 2 is 2.14 bits per heavy atom. The number of hydrogen-bond donors (Lipinski definition) is 1. The Balaban J connectivity index is 1.62. The molecule has 1 aromatic heterocycles. The van der Waals surface area contributed by atoms with E-state index in [4.69, 9.17) is 4.74 Å². The summed E-state index contributed by atoms with van der Waals surface area (Å²) in [7, 11) is 1.59. The van der Waals surface area contributed by atoms with Crippen LogP contribution in [0.4, 0.5) is 4.39 Å². The normalized spacial score (nSPS) is 23.1. The Bertz CT molecular complexity index is 677. The predicted octanol–water partition coefficient (Wildman–Crippen LogP) is 3.88. The van der Waals surface area contributed by atoms with Gasteiger partial charge in [0.2, 0.25) is 0 Å². The molecule has 0 radical (unpaired) electrons. The molecule has 22 heavy (non-hydrogen) atoms. The van der Waals surface area contributed by atoms with Crippen LogP contribution < -0.4 is 4.74 Å². The Morgan fingerprint density at radius 1 is 1.27 bits per heavy atom. The number of aromatic amines is 1. The van der Waals surface area contributed by atoms with Gasteiger partial charge in [-0.3, -0.25) is 4.90 Å². The van der Waals surface area contributed by atoms with Crippen LogP contribution in [0.3, 0.4) is 0 Å². The van der Waals surface area contributed by atoms with Crippen molar-refractivity contribution in [2.24, 2.45) is 0 Å². The van der Waals surface area contributed by atoms with Gasteiger partial charge >= 0.3 is 0 Å². The van der Waals surface area contributed by atoms with Crippen LogP contribution in [0.25, 0.3) is 10.9 Å². The summed E-state index contributed by atoms with van der Waals surface area (Å²) in [4.78, 5) is 5.80. The van der Waals surface area contributed by atoms with Crippen molar-refractivity contribution >= 4 is 10.9 Å². The van der Waals surface area contributed by atoms with Gasteiger partial charge in [-0.15, -0.1) is 0 Å². The van der Waals surface area contributed by atoms with Gasteiger partial charge in [0.1, 0.15) is 5.75 Å². The van der Waals surface area contributed by atoms with Crippen molar-refractivity contribution in [2.45, 2.75) is 50.6 Å². The zero-order valence-electron chi connectivity index (χ0n) is 13.1. The topological polar surface area (TPSA) is 28.3 Å². The van der Waals surface area contributed by atoms with Gasteiger partial charge < -0.3 is 9.72 Å². The molecule has 2 heterocycles. The fourth-order valence-electron chi connectivity index (χ4n) is 4.04. The number of methoxy groups -OCH3 is 1. The maximum atomic E-state index is 14.1. The van der Waals surface area contributed by atoms with Crippen molar-refractivity contribution in [1.29, 1.82) is 0 Å². The van der Waals surface area contributed by atoms with E-state index in [2.05, 4.69) is 9.88 Å². The lowest BCUT2D eigenvalue weighted by Gasteiger charge is -2.38. The highest BCUT2D eigenvalue weighted by atomic mass is 19.1. The SMILES string of the molecule is COc1cc(F)c2[nH]cc(C[C@H]3CCCN3C3CCC3)c2c1. The average molecular weight is 302 g/mol. The maximum Gasteiger partial charge on any atom is 0.150 e. The van der Waals surface area contributed by atoms with E-state index in [0.29, 0.717) is 17.3 Å². The van der Waals surface area contributed by atoms with Crippen LogP contribution in [0, 0.1) is 5.82 Å². The molecular formula is C18H23FN2O. The van der Waals surface area contributed by atoms with E-state index in [1.54, 1.807) is 7.11 Å². The van der Waals surface area contributed by atoms with Gasteiger partial charge in [0.05, 0.1) is 12.6 Å². The van der Waals surface area contributed by atoms with Crippen LogP contribution in [-0.4, -0.2) is 35.6 Å². The predicted molar refractivity (Wildman–Crippen MR) is 85.9 cm³/mol. The highest BCUT2D eigenvalue weighted by Gasteiger charge is 2.34. The molecule has 118 valence electrons. The number of fused-ring (bicyclic) bond motifs is 1. The second-order valence-electron chi connectivity index (χ2n) is 6.67. The summed E-state index contributed by atoms with van der Waals surface area (Å²) in [6.45, 7) is 1.23. The lowest BCUT2D eigenvalue weighted by Crippen LogP contribution is -2.43. The number of ether oxygens (including phenoxy) is 1. The third kappa shape index (κ3) is 2.30. The van der Waals surface area contributed by atoms with Crippen molar-refractivity contribution in [3.8, 4) is 5.75 Å². The third-order valence-electron chi connectivity index (χ3n) is 5.46. The zero-order chi connectivity index (χ0) is 15.1. The molecule has 0 spiro atoms. The lowest BCUT2D eigenvalue weighted by molar-refractivity contribution is 0.114. The lowest BCUT2D eigenvalue weighted by atomic mass is 9.90. The molecule has 3 nitrogen and oxygen atoms in total. The Hall–Kier alpha value is -1.55. The summed E-state index contributed by atoms with van der Waals surface area (Å²) in [5.41, 5.74) is 1.81. The summed E-state index contributed by atoms with van der Waals surface area (Å²) >= 11 is 0. The minimum Gasteiger partial charge on any atom is -0.497 e. The molecule has 0 unspecified atom stereocenters. The number of nitrogens with zero attached hydrogens (tertiary/aromatic N) is 1. The molecule has 1 aliphatic carbocycles. The molecular weight excluding hydrogens is 279 g/mol. The number of benzene rings is 1. The van der Waals surface area contributed by atoms with Crippen LogP contribution in [0.15, 0.2) is 18.3 Å².